The lowest BCUT2D eigenvalue weighted by molar-refractivity contribution is -0.142. The minimum absolute atomic E-state index is 0.0990. The Morgan fingerprint density at radius 1 is 1.11 bits per heavy atom. The lowest BCUT2D eigenvalue weighted by atomic mass is 10.1. The molecule has 3 amide bonds. The second-order valence-electron chi connectivity index (χ2n) is 7.53. The fourth-order valence-corrected chi connectivity index (χ4v) is 4.17. The van der Waals surface area contributed by atoms with Crippen molar-refractivity contribution in [1.82, 2.24) is 19.6 Å². The number of piperazine rings is 1. The van der Waals surface area contributed by atoms with Crippen molar-refractivity contribution in [2.24, 2.45) is 0 Å². The molecule has 6 nitrogen and oxygen atoms in total. The van der Waals surface area contributed by atoms with Crippen molar-refractivity contribution in [2.75, 3.05) is 45.8 Å². The smallest absolute Gasteiger partial charge is 0.320 e. The number of carbonyl (C=O) groups is 2. The third kappa shape index (κ3) is 4.43. The summed E-state index contributed by atoms with van der Waals surface area (Å²) in [5.74, 6) is 0.208. The van der Waals surface area contributed by atoms with Gasteiger partial charge >= 0.3 is 6.03 Å². The van der Waals surface area contributed by atoms with Crippen molar-refractivity contribution < 1.29 is 9.59 Å². The molecule has 0 aromatic heterocycles. The highest BCUT2D eigenvalue weighted by atomic mass is 16.2. The number of nitrogens with zero attached hydrogens (tertiary/aromatic N) is 4. The van der Waals surface area contributed by atoms with Crippen LogP contribution in [-0.4, -0.2) is 83.4 Å². The first kappa shape index (κ1) is 19.7. The number of benzene rings is 1. The van der Waals surface area contributed by atoms with E-state index >= 15 is 0 Å². The van der Waals surface area contributed by atoms with Crippen LogP contribution in [0.25, 0.3) is 0 Å². The van der Waals surface area contributed by atoms with Gasteiger partial charge in [-0.1, -0.05) is 29.8 Å². The minimum Gasteiger partial charge on any atom is -0.336 e. The van der Waals surface area contributed by atoms with E-state index in [-0.39, 0.29) is 18.0 Å². The van der Waals surface area contributed by atoms with Gasteiger partial charge in [-0.05, 0) is 32.8 Å². The molecule has 1 atom stereocenters. The van der Waals surface area contributed by atoms with E-state index in [4.69, 9.17) is 0 Å². The van der Waals surface area contributed by atoms with Crippen LogP contribution in [0.3, 0.4) is 0 Å². The third-order valence-corrected chi connectivity index (χ3v) is 5.78. The second kappa shape index (κ2) is 8.74. The first-order valence-electron chi connectivity index (χ1n) is 10.2. The van der Waals surface area contributed by atoms with E-state index in [2.05, 4.69) is 30.0 Å². The summed E-state index contributed by atoms with van der Waals surface area (Å²) in [6.45, 7) is 12.0. The lowest BCUT2D eigenvalue weighted by Crippen LogP contribution is -2.56. The van der Waals surface area contributed by atoms with E-state index < -0.39 is 0 Å². The Morgan fingerprint density at radius 2 is 1.85 bits per heavy atom. The maximum Gasteiger partial charge on any atom is 0.320 e. The van der Waals surface area contributed by atoms with Crippen LogP contribution in [0.2, 0.25) is 0 Å². The molecule has 2 aliphatic rings. The van der Waals surface area contributed by atoms with Crippen molar-refractivity contribution in [2.45, 2.75) is 39.8 Å². The normalized spacial score (nSPS) is 21.0. The molecule has 148 valence electrons. The van der Waals surface area contributed by atoms with Crippen molar-refractivity contribution >= 4 is 11.9 Å². The Labute approximate surface area is 162 Å². The van der Waals surface area contributed by atoms with Crippen LogP contribution >= 0.6 is 0 Å². The summed E-state index contributed by atoms with van der Waals surface area (Å²) in [6, 6.07) is 8.37. The number of hydrogen-bond donors (Lipinski definition) is 0. The Kier molecular flexibility index (Phi) is 6.37. The number of carbonyl (C=O) groups excluding carboxylic acids is 2. The molecule has 0 saturated carbocycles. The van der Waals surface area contributed by atoms with Crippen molar-refractivity contribution in [1.29, 1.82) is 0 Å². The fourth-order valence-electron chi connectivity index (χ4n) is 4.17. The molecule has 6 heteroatoms. The third-order valence-electron chi connectivity index (χ3n) is 5.78. The molecule has 0 bridgehead atoms. The molecular formula is C21H32N4O2. The van der Waals surface area contributed by atoms with E-state index in [0.717, 1.165) is 39.1 Å². The molecule has 0 aliphatic carbocycles. The van der Waals surface area contributed by atoms with E-state index in [1.165, 1.54) is 11.1 Å². The number of rotatable bonds is 4. The van der Waals surface area contributed by atoms with Crippen LogP contribution in [0.15, 0.2) is 24.3 Å². The van der Waals surface area contributed by atoms with Crippen LogP contribution in [0, 0.1) is 6.92 Å². The number of hydrogen-bond acceptors (Lipinski definition) is 3. The van der Waals surface area contributed by atoms with Crippen LogP contribution in [0.5, 0.6) is 0 Å². The topological polar surface area (TPSA) is 47.1 Å². The van der Waals surface area contributed by atoms with Gasteiger partial charge in [-0.15, -0.1) is 0 Å². The SMILES string of the molecule is CCN(CC)C(=O)N1CCC2C(=O)N(Cc3cccc(C)c3)CCN2CC1. The number of fused-ring (bicyclic) bond motifs is 1. The monoisotopic (exact) mass is 372 g/mol. The maximum atomic E-state index is 13.1. The molecule has 1 unspecified atom stereocenters. The maximum absolute atomic E-state index is 13.1. The average Bonchev–Trinajstić information content (AvgIpc) is 2.88. The zero-order valence-electron chi connectivity index (χ0n) is 16.9. The molecule has 0 N–H and O–H groups in total. The molecule has 27 heavy (non-hydrogen) atoms. The summed E-state index contributed by atoms with van der Waals surface area (Å²) in [5.41, 5.74) is 2.40. The summed E-state index contributed by atoms with van der Waals surface area (Å²) in [6.07, 6.45) is 0.718. The zero-order valence-corrected chi connectivity index (χ0v) is 16.9. The quantitative estimate of drug-likeness (QED) is 0.814. The van der Waals surface area contributed by atoms with Gasteiger partial charge in [-0.2, -0.15) is 0 Å². The van der Waals surface area contributed by atoms with E-state index in [9.17, 15) is 9.59 Å². The first-order valence-corrected chi connectivity index (χ1v) is 10.2. The second-order valence-corrected chi connectivity index (χ2v) is 7.53. The van der Waals surface area contributed by atoms with E-state index in [1.54, 1.807) is 0 Å². The van der Waals surface area contributed by atoms with Crippen LogP contribution in [0.1, 0.15) is 31.4 Å². The van der Waals surface area contributed by atoms with Gasteiger partial charge in [-0.3, -0.25) is 9.69 Å². The highest BCUT2D eigenvalue weighted by Crippen LogP contribution is 2.20. The molecule has 2 aliphatic heterocycles. The van der Waals surface area contributed by atoms with Gasteiger partial charge in [0.1, 0.15) is 0 Å². The molecular weight excluding hydrogens is 340 g/mol. The largest absolute Gasteiger partial charge is 0.336 e. The molecule has 1 aromatic carbocycles. The van der Waals surface area contributed by atoms with E-state index in [0.29, 0.717) is 19.6 Å². The van der Waals surface area contributed by atoms with Gasteiger partial charge in [0.15, 0.2) is 0 Å². The summed E-state index contributed by atoms with van der Waals surface area (Å²) >= 11 is 0. The van der Waals surface area contributed by atoms with E-state index in [1.807, 2.05) is 34.6 Å². The van der Waals surface area contributed by atoms with Gasteiger partial charge in [0.25, 0.3) is 0 Å². The van der Waals surface area contributed by atoms with Gasteiger partial charge < -0.3 is 14.7 Å². The van der Waals surface area contributed by atoms with Crippen LogP contribution < -0.4 is 0 Å². The van der Waals surface area contributed by atoms with Crippen LogP contribution in [0.4, 0.5) is 4.79 Å². The van der Waals surface area contributed by atoms with Gasteiger partial charge in [-0.25, -0.2) is 4.79 Å². The predicted octanol–water partition coefficient (Wildman–Crippen LogP) is 2.18. The Morgan fingerprint density at radius 3 is 2.56 bits per heavy atom. The predicted molar refractivity (Wildman–Crippen MR) is 106 cm³/mol. The summed E-state index contributed by atoms with van der Waals surface area (Å²) in [4.78, 5) is 33.8. The first-order chi connectivity index (χ1) is 13.0. The minimum atomic E-state index is -0.0990. The van der Waals surface area contributed by atoms with Gasteiger partial charge in [0.05, 0.1) is 6.04 Å². The highest BCUT2D eigenvalue weighted by Gasteiger charge is 2.37. The number of amides is 3. The molecule has 1 aromatic rings. The zero-order chi connectivity index (χ0) is 19.4. The van der Waals surface area contributed by atoms with Crippen molar-refractivity contribution in [3.8, 4) is 0 Å². The Balaban J connectivity index is 1.64. The highest BCUT2D eigenvalue weighted by molar-refractivity contribution is 5.83. The molecule has 3 rings (SSSR count). The fraction of sp³-hybridized carbons (Fsp3) is 0.619. The summed E-state index contributed by atoms with van der Waals surface area (Å²) < 4.78 is 0. The van der Waals surface area contributed by atoms with Gasteiger partial charge in [0.2, 0.25) is 5.91 Å². The van der Waals surface area contributed by atoms with Crippen molar-refractivity contribution in [3.63, 3.8) is 0 Å². The average molecular weight is 373 g/mol. The molecule has 0 radical (unpaired) electrons. The summed E-state index contributed by atoms with van der Waals surface area (Å²) in [7, 11) is 0. The number of aryl methyl sites for hydroxylation is 1. The summed E-state index contributed by atoms with van der Waals surface area (Å²) in [5, 5.41) is 0. The molecule has 2 saturated heterocycles. The lowest BCUT2D eigenvalue weighted by Gasteiger charge is -2.39. The number of urea groups is 1. The van der Waals surface area contributed by atoms with Crippen LogP contribution in [-0.2, 0) is 11.3 Å². The van der Waals surface area contributed by atoms with Gasteiger partial charge in [0, 0.05) is 52.4 Å². The standard InChI is InChI=1S/C21H32N4O2/c1-4-22(5-2)21(27)24-10-9-19-20(26)25(14-12-23(19)11-13-24)16-18-8-6-7-17(3)15-18/h6-8,15,19H,4-5,9-14,16H2,1-3H3. The Hall–Kier alpha value is -2.08. The molecule has 0 spiro atoms. The Bertz CT molecular complexity index is 674. The molecule has 2 fully saturated rings. The molecule has 2 heterocycles. The van der Waals surface area contributed by atoms with Crippen molar-refractivity contribution in [3.05, 3.63) is 35.4 Å².